The van der Waals surface area contributed by atoms with Gasteiger partial charge in [-0.25, -0.2) is 4.79 Å². The van der Waals surface area contributed by atoms with Gasteiger partial charge in [-0.3, -0.25) is 0 Å². The molecule has 1 aromatic rings. The Bertz CT molecular complexity index is 604. The summed E-state index contributed by atoms with van der Waals surface area (Å²) >= 11 is 0. The molecule has 4 nitrogen and oxygen atoms in total. The monoisotopic (exact) mass is 346 g/mol. The highest BCUT2D eigenvalue weighted by Gasteiger charge is 2.39. The van der Waals surface area contributed by atoms with Crippen LogP contribution in [-0.4, -0.2) is 35.7 Å². The number of amides is 1. The number of nitrogens with one attached hydrogen (secondary N) is 1. The minimum atomic E-state index is -0.449. The van der Waals surface area contributed by atoms with Crippen molar-refractivity contribution in [2.24, 2.45) is 5.41 Å². The zero-order chi connectivity index (χ0) is 18.8. The van der Waals surface area contributed by atoms with Crippen molar-refractivity contribution in [3.63, 3.8) is 0 Å². The Kier molecular flexibility index (Phi) is 5.82. The van der Waals surface area contributed by atoms with E-state index < -0.39 is 5.60 Å². The van der Waals surface area contributed by atoms with Crippen LogP contribution in [0.25, 0.3) is 0 Å². The van der Waals surface area contributed by atoms with Gasteiger partial charge in [-0.1, -0.05) is 38.1 Å². The summed E-state index contributed by atoms with van der Waals surface area (Å²) < 4.78 is 5.54. The molecule has 1 amide bonds. The first-order valence-electron chi connectivity index (χ1n) is 9.29. The molecule has 1 aliphatic rings. The van der Waals surface area contributed by atoms with Gasteiger partial charge in [-0.05, 0) is 57.6 Å². The first-order valence-corrected chi connectivity index (χ1v) is 9.29. The van der Waals surface area contributed by atoms with Crippen LogP contribution in [0.1, 0.15) is 65.1 Å². The number of carbonyl (C=O) groups is 1. The molecule has 4 heteroatoms. The molecule has 0 aromatic heterocycles. The fraction of sp³-hybridized carbons (Fsp3) is 0.667. The molecule has 0 saturated carbocycles. The molecule has 2 atom stereocenters. The van der Waals surface area contributed by atoms with Gasteiger partial charge in [0.15, 0.2) is 0 Å². The normalized spacial score (nSPS) is 21.7. The molecule has 1 unspecified atom stereocenters. The third-order valence-corrected chi connectivity index (χ3v) is 4.99. The Balaban J connectivity index is 2.01. The number of nitrogens with zero attached hydrogens (tertiary/aromatic N) is 1. The van der Waals surface area contributed by atoms with Gasteiger partial charge in [0.2, 0.25) is 0 Å². The predicted molar refractivity (Wildman–Crippen MR) is 103 cm³/mol. The molecule has 140 valence electrons. The molecular formula is C21H34N2O2. The lowest BCUT2D eigenvalue weighted by atomic mass is 9.78. The van der Waals surface area contributed by atoms with Crippen molar-refractivity contribution >= 4 is 6.09 Å². The second kappa shape index (κ2) is 7.36. The predicted octanol–water partition coefficient (Wildman–Crippen LogP) is 4.68. The van der Waals surface area contributed by atoms with Crippen molar-refractivity contribution in [1.29, 1.82) is 0 Å². The summed E-state index contributed by atoms with van der Waals surface area (Å²) in [5.41, 5.74) is 2.20. The molecule has 1 heterocycles. The maximum Gasteiger partial charge on any atom is 0.410 e. The largest absolute Gasteiger partial charge is 0.444 e. The van der Waals surface area contributed by atoms with Crippen molar-refractivity contribution in [3.05, 3.63) is 35.4 Å². The van der Waals surface area contributed by atoms with Crippen LogP contribution < -0.4 is 5.32 Å². The molecule has 0 bridgehead atoms. The minimum Gasteiger partial charge on any atom is -0.444 e. The lowest BCUT2D eigenvalue weighted by Gasteiger charge is -2.45. The van der Waals surface area contributed by atoms with E-state index in [9.17, 15) is 4.79 Å². The number of likely N-dealkylation sites (tertiary alicyclic amines) is 1. The molecule has 2 rings (SSSR count). The maximum atomic E-state index is 12.4. The summed E-state index contributed by atoms with van der Waals surface area (Å²) in [6, 6.07) is 9.17. The number of rotatable bonds is 3. The Labute approximate surface area is 152 Å². The number of piperidine rings is 1. The van der Waals surface area contributed by atoms with E-state index in [1.165, 1.54) is 11.1 Å². The van der Waals surface area contributed by atoms with Gasteiger partial charge < -0.3 is 15.0 Å². The first-order chi connectivity index (χ1) is 11.5. The average molecular weight is 347 g/mol. The molecule has 1 aliphatic heterocycles. The second-order valence-corrected chi connectivity index (χ2v) is 8.98. The maximum absolute atomic E-state index is 12.4. The molecular weight excluding hydrogens is 312 g/mol. The SMILES string of the molecule is Cc1ccccc1[C@H](C)NC1CCN(C(=O)OC(C)(C)C)CC1(C)C. The van der Waals surface area contributed by atoms with E-state index >= 15 is 0 Å². The zero-order valence-corrected chi connectivity index (χ0v) is 16.8. The molecule has 25 heavy (non-hydrogen) atoms. The van der Waals surface area contributed by atoms with Gasteiger partial charge in [-0.2, -0.15) is 0 Å². The molecule has 1 fully saturated rings. The summed E-state index contributed by atoms with van der Waals surface area (Å²) in [4.78, 5) is 14.2. The molecule has 0 spiro atoms. The van der Waals surface area contributed by atoms with Gasteiger partial charge in [0.05, 0.1) is 0 Å². The van der Waals surface area contributed by atoms with Crippen molar-refractivity contribution in [2.45, 2.75) is 72.6 Å². The van der Waals surface area contributed by atoms with Crippen LogP contribution in [-0.2, 0) is 4.74 Å². The highest BCUT2D eigenvalue weighted by Crippen LogP contribution is 2.32. The summed E-state index contributed by atoms with van der Waals surface area (Å²) in [5, 5.41) is 3.80. The third-order valence-electron chi connectivity index (χ3n) is 4.99. The molecule has 1 N–H and O–H groups in total. The molecule has 1 saturated heterocycles. The van der Waals surface area contributed by atoms with E-state index in [1.807, 2.05) is 25.7 Å². The minimum absolute atomic E-state index is 0.00784. The highest BCUT2D eigenvalue weighted by molar-refractivity contribution is 5.68. The van der Waals surface area contributed by atoms with Gasteiger partial charge >= 0.3 is 6.09 Å². The standard InChI is InChI=1S/C21H34N2O2/c1-15-10-8-9-11-17(15)16(2)22-18-12-13-23(14-21(18,6)7)19(24)25-20(3,4)5/h8-11,16,18,22H,12-14H2,1-7H3/t16-,18?/m0/s1. The summed E-state index contributed by atoms with van der Waals surface area (Å²) in [6.07, 6.45) is 0.730. The van der Waals surface area contributed by atoms with Crippen LogP contribution in [0.2, 0.25) is 0 Å². The Morgan fingerprint density at radius 2 is 1.96 bits per heavy atom. The van der Waals surface area contributed by atoms with Crippen molar-refractivity contribution in [3.8, 4) is 0 Å². The lowest BCUT2D eigenvalue weighted by molar-refractivity contribution is 0.00132. The summed E-state index contributed by atoms with van der Waals surface area (Å²) in [5.74, 6) is 0. The number of carbonyl (C=O) groups excluding carboxylic acids is 1. The fourth-order valence-electron chi connectivity index (χ4n) is 3.61. The van der Waals surface area contributed by atoms with E-state index in [0.29, 0.717) is 18.6 Å². The average Bonchev–Trinajstić information content (AvgIpc) is 2.47. The van der Waals surface area contributed by atoms with Crippen LogP contribution in [0.15, 0.2) is 24.3 Å². The Morgan fingerprint density at radius 1 is 1.32 bits per heavy atom. The fourth-order valence-corrected chi connectivity index (χ4v) is 3.61. The third kappa shape index (κ3) is 5.21. The van der Waals surface area contributed by atoms with Crippen LogP contribution in [0, 0.1) is 12.3 Å². The van der Waals surface area contributed by atoms with Gasteiger partial charge in [-0.15, -0.1) is 0 Å². The van der Waals surface area contributed by atoms with Crippen molar-refractivity contribution in [2.75, 3.05) is 13.1 Å². The van der Waals surface area contributed by atoms with E-state index in [2.05, 4.69) is 57.3 Å². The van der Waals surface area contributed by atoms with Crippen LogP contribution in [0.5, 0.6) is 0 Å². The number of benzene rings is 1. The van der Waals surface area contributed by atoms with E-state index in [0.717, 1.165) is 13.0 Å². The van der Waals surface area contributed by atoms with Crippen molar-refractivity contribution in [1.82, 2.24) is 10.2 Å². The van der Waals surface area contributed by atoms with Crippen LogP contribution in [0.3, 0.4) is 0 Å². The highest BCUT2D eigenvalue weighted by atomic mass is 16.6. The smallest absolute Gasteiger partial charge is 0.410 e. The van der Waals surface area contributed by atoms with E-state index in [-0.39, 0.29) is 11.5 Å². The zero-order valence-electron chi connectivity index (χ0n) is 16.8. The summed E-state index contributed by atoms with van der Waals surface area (Å²) in [7, 11) is 0. The number of hydrogen-bond donors (Lipinski definition) is 1. The number of aryl methyl sites for hydroxylation is 1. The Morgan fingerprint density at radius 3 is 2.52 bits per heavy atom. The summed E-state index contributed by atoms with van der Waals surface area (Å²) in [6.45, 7) is 16.0. The molecule has 0 radical (unpaired) electrons. The second-order valence-electron chi connectivity index (χ2n) is 8.98. The lowest BCUT2D eigenvalue weighted by Crippen LogP contribution is -2.56. The Hall–Kier alpha value is -1.55. The number of ether oxygens (including phenoxy) is 1. The number of hydrogen-bond acceptors (Lipinski definition) is 3. The van der Waals surface area contributed by atoms with Gasteiger partial charge in [0.1, 0.15) is 5.60 Å². The topological polar surface area (TPSA) is 41.6 Å². The van der Waals surface area contributed by atoms with Crippen molar-refractivity contribution < 1.29 is 9.53 Å². The van der Waals surface area contributed by atoms with E-state index in [1.54, 1.807) is 0 Å². The first kappa shape index (κ1) is 19.8. The van der Waals surface area contributed by atoms with Crippen LogP contribution >= 0.6 is 0 Å². The molecule has 0 aliphatic carbocycles. The van der Waals surface area contributed by atoms with E-state index in [4.69, 9.17) is 4.74 Å². The van der Waals surface area contributed by atoms with Crippen LogP contribution in [0.4, 0.5) is 4.79 Å². The quantitative estimate of drug-likeness (QED) is 0.864. The van der Waals surface area contributed by atoms with Gasteiger partial charge in [0, 0.05) is 25.2 Å². The van der Waals surface area contributed by atoms with Gasteiger partial charge in [0.25, 0.3) is 0 Å². The molecule has 1 aromatic carbocycles.